The highest BCUT2D eigenvalue weighted by atomic mass is 79.9. The van der Waals surface area contributed by atoms with Crippen molar-refractivity contribution in [1.82, 2.24) is 0 Å². The molecule has 0 bridgehead atoms. The molecule has 1 fully saturated rings. The minimum absolute atomic E-state index is 0.578. The van der Waals surface area contributed by atoms with Gasteiger partial charge in [0.25, 0.3) is 0 Å². The molecule has 0 saturated carbocycles. The maximum atomic E-state index is 4.99. The zero-order chi connectivity index (χ0) is 5.28. The molecule has 7 heavy (non-hydrogen) atoms. The van der Waals surface area contributed by atoms with Gasteiger partial charge in [0.2, 0.25) is 0 Å². The highest BCUT2D eigenvalue weighted by Crippen LogP contribution is 2.18. The van der Waals surface area contributed by atoms with Crippen LogP contribution in [0.4, 0.5) is 0 Å². The third-order valence-corrected chi connectivity index (χ3v) is 1.36. The van der Waals surface area contributed by atoms with Crippen LogP contribution in [0.25, 0.3) is 0 Å². The van der Waals surface area contributed by atoms with Gasteiger partial charge in [0.1, 0.15) is 0 Å². The van der Waals surface area contributed by atoms with Crippen LogP contribution in [0.2, 0.25) is 0 Å². The van der Waals surface area contributed by atoms with Crippen molar-refractivity contribution in [2.75, 3.05) is 6.61 Å². The lowest BCUT2D eigenvalue weighted by Crippen LogP contribution is -1.94. The van der Waals surface area contributed by atoms with Gasteiger partial charge in [-0.2, -0.15) is 0 Å². The molecule has 1 aliphatic rings. The Morgan fingerprint density at radius 2 is 2.57 bits per heavy atom. The van der Waals surface area contributed by atoms with E-state index in [0.717, 1.165) is 6.61 Å². The van der Waals surface area contributed by atoms with E-state index in [2.05, 4.69) is 22.9 Å². The highest BCUT2D eigenvalue weighted by molar-refractivity contribution is 9.09. The van der Waals surface area contributed by atoms with Crippen LogP contribution < -0.4 is 0 Å². The molecular formula is C5H9BrO. The molecule has 2 unspecified atom stereocenters. The fraction of sp³-hybridized carbons (Fsp3) is 1.00. The van der Waals surface area contributed by atoms with Gasteiger partial charge in [-0.15, -0.1) is 0 Å². The first-order valence-electron chi connectivity index (χ1n) is 2.54. The van der Waals surface area contributed by atoms with E-state index in [1.54, 1.807) is 0 Å². The first-order valence-corrected chi connectivity index (χ1v) is 3.46. The van der Waals surface area contributed by atoms with Gasteiger partial charge in [-0.1, -0.05) is 22.9 Å². The number of ether oxygens (including phenoxy) is 1. The van der Waals surface area contributed by atoms with Crippen LogP contribution in [0.3, 0.4) is 0 Å². The van der Waals surface area contributed by atoms with Crippen molar-refractivity contribution in [2.24, 2.45) is 0 Å². The van der Waals surface area contributed by atoms with Gasteiger partial charge in [0.15, 0.2) is 0 Å². The normalized spacial score (nSPS) is 32.6. The summed E-state index contributed by atoms with van der Waals surface area (Å²) in [6, 6.07) is 0. The molecule has 0 radical (unpaired) electrons. The maximum Gasteiger partial charge on any atom is 0.0820 e. The summed E-state index contributed by atoms with van der Waals surface area (Å²) in [4.78, 5) is 0.625. The first-order chi connectivity index (χ1) is 3.29. The SMILES string of the molecule is CC(Br)CC1CO1. The fourth-order valence-electron chi connectivity index (χ4n) is 0.566. The van der Waals surface area contributed by atoms with E-state index in [1.165, 1.54) is 6.42 Å². The maximum absolute atomic E-state index is 4.99. The van der Waals surface area contributed by atoms with E-state index in [-0.39, 0.29) is 0 Å². The van der Waals surface area contributed by atoms with E-state index >= 15 is 0 Å². The summed E-state index contributed by atoms with van der Waals surface area (Å²) in [5, 5.41) is 0. The third-order valence-electron chi connectivity index (χ3n) is 0.990. The molecule has 0 aromatic carbocycles. The minimum atomic E-state index is 0.578. The second-order valence-corrected chi connectivity index (χ2v) is 3.53. The standard InChI is InChI=1S/C5H9BrO/c1-4(6)2-5-3-7-5/h4-5H,2-3H2,1H3. The van der Waals surface area contributed by atoms with Crippen LogP contribution in [0, 0.1) is 0 Å². The van der Waals surface area contributed by atoms with Crippen LogP contribution in [0.15, 0.2) is 0 Å². The predicted molar refractivity (Wildman–Crippen MR) is 32.7 cm³/mol. The van der Waals surface area contributed by atoms with Gasteiger partial charge in [-0.25, -0.2) is 0 Å². The molecule has 1 heterocycles. The summed E-state index contributed by atoms with van der Waals surface area (Å²) in [6.07, 6.45) is 1.74. The number of alkyl halides is 1. The second-order valence-electron chi connectivity index (χ2n) is 1.97. The predicted octanol–water partition coefficient (Wildman–Crippen LogP) is 1.56. The number of hydrogen-bond acceptors (Lipinski definition) is 1. The van der Waals surface area contributed by atoms with Gasteiger partial charge in [0.05, 0.1) is 12.7 Å². The molecule has 1 aliphatic heterocycles. The highest BCUT2D eigenvalue weighted by Gasteiger charge is 2.23. The summed E-state index contributed by atoms with van der Waals surface area (Å²) in [6.45, 7) is 3.12. The Kier molecular flexibility index (Phi) is 1.70. The Bertz CT molecular complexity index is 59.1. The van der Waals surface area contributed by atoms with E-state index in [4.69, 9.17) is 4.74 Å². The lowest BCUT2D eigenvalue weighted by molar-refractivity contribution is 0.397. The van der Waals surface area contributed by atoms with E-state index in [1.807, 2.05) is 0 Å². The first kappa shape index (κ1) is 5.57. The summed E-state index contributed by atoms with van der Waals surface area (Å²) in [7, 11) is 0. The average Bonchev–Trinajstić information content (AvgIpc) is 2.17. The molecule has 1 nitrogen and oxygen atoms in total. The number of rotatable bonds is 2. The largest absolute Gasteiger partial charge is 0.373 e. The Morgan fingerprint density at radius 1 is 2.00 bits per heavy atom. The zero-order valence-corrected chi connectivity index (χ0v) is 5.94. The van der Waals surface area contributed by atoms with Gasteiger partial charge in [0, 0.05) is 4.83 Å². The van der Waals surface area contributed by atoms with E-state index in [0.29, 0.717) is 10.9 Å². The average molecular weight is 165 g/mol. The van der Waals surface area contributed by atoms with Crippen molar-refractivity contribution >= 4 is 15.9 Å². The zero-order valence-electron chi connectivity index (χ0n) is 4.36. The molecule has 2 heteroatoms. The Morgan fingerprint density at radius 3 is 2.71 bits per heavy atom. The van der Waals surface area contributed by atoms with E-state index < -0.39 is 0 Å². The molecule has 2 atom stereocenters. The van der Waals surface area contributed by atoms with Crippen LogP contribution in [0.5, 0.6) is 0 Å². The molecule has 0 aromatic rings. The van der Waals surface area contributed by atoms with Gasteiger partial charge < -0.3 is 4.74 Å². The van der Waals surface area contributed by atoms with Crippen molar-refractivity contribution in [3.63, 3.8) is 0 Å². The lowest BCUT2D eigenvalue weighted by atomic mass is 10.3. The summed E-state index contributed by atoms with van der Waals surface area (Å²) in [5.41, 5.74) is 0. The Labute approximate surface area is 52.2 Å². The van der Waals surface area contributed by atoms with Gasteiger partial charge in [-0.05, 0) is 6.42 Å². The fourth-order valence-corrected chi connectivity index (χ4v) is 0.983. The quantitative estimate of drug-likeness (QED) is 0.446. The Hall–Kier alpha value is 0.440. The number of hydrogen-bond donors (Lipinski definition) is 0. The second kappa shape index (κ2) is 2.14. The van der Waals surface area contributed by atoms with Crippen molar-refractivity contribution < 1.29 is 4.74 Å². The smallest absolute Gasteiger partial charge is 0.0820 e. The molecule has 1 saturated heterocycles. The molecule has 0 spiro atoms. The van der Waals surface area contributed by atoms with Crippen LogP contribution in [-0.2, 0) is 4.74 Å². The summed E-state index contributed by atoms with van der Waals surface area (Å²) < 4.78 is 4.99. The van der Waals surface area contributed by atoms with Crippen molar-refractivity contribution in [2.45, 2.75) is 24.3 Å². The molecular weight excluding hydrogens is 156 g/mol. The van der Waals surface area contributed by atoms with Crippen molar-refractivity contribution in [3.05, 3.63) is 0 Å². The van der Waals surface area contributed by atoms with Crippen LogP contribution >= 0.6 is 15.9 Å². The summed E-state index contributed by atoms with van der Waals surface area (Å²) in [5.74, 6) is 0. The van der Waals surface area contributed by atoms with Gasteiger partial charge >= 0.3 is 0 Å². The Balaban J connectivity index is 1.97. The molecule has 0 aromatic heterocycles. The van der Waals surface area contributed by atoms with E-state index in [9.17, 15) is 0 Å². The molecule has 1 rings (SSSR count). The molecule has 0 aliphatic carbocycles. The molecule has 42 valence electrons. The summed E-state index contributed by atoms with van der Waals surface area (Å²) >= 11 is 3.43. The third kappa shape index (κ3) is 2.29. The molecule has 0 N–H and O–H groups in total. The number of epoxide rings is 1. The lowest BCUT2D eigenvalue weighted by Gasteiger charge is -1.93. The van der Waals surface area contributed by atoms with Crippen LogP contribution in [-0.4, -0.2) is 17.5 Å². The topological polar surface area (TPSA) is 12.5 Å². The minimum Gasteiger partial charge on any atom is -0.373 e. The van der Waals surface area contributed by atoms with Crippen molar-refractivity contribution in [3.8, 4) is 0 Å². The number of halogens is 1. The van der Waals surface area contributed by atoms with Gasteiger partial charge in [-0.3, -0.25) is 0 Å². The van der Waals surface area contributed by atoms with Crippen molar-refractivity contribution in [1.29, 1.82) is 0 Å². The monoisotopic (exact) mass is 164 g/mol. The molecule has 0 amide bonds. The van der Waals surface area contributed by atoms with Crippen LogP contribution in [0.1, 0.15) is 13.3 Å².